The lowest BCUT2D eigenvalue weighted by Crippen LogP contribution is -2.21. The Kier molecular flexibility index (Phi) is 6.48. The highest BCUT2D eigenvalue weighted by Crippen LogP contribution is 2.37. The summed E-state index contributed by atoms with van der Waals surface area (Å²) in [6.45, 7) is 0. The maximum atomic E-state index is 12.7. The van der Waals surface area contributed by atoms with Crippen LogP contribution < -0.4 is 0 Å². The van der Waals surface area contributed by atoms with Crippen LogP contribution in [0.2, 0.25) is 0 Å². The first-order chi connectivity index (χ1) is 16.3. The van der Waals surface area contributed by atoms with Crippen molar-refractivity contribution >= 4 is 5.78 Å². The van der Waals surface area contributed by atoms with E-state index < -0.39 is 0 Å². The molecule has 0 radical (unpaired) electrons. The molecule has 1 saturated carbocycles. The van der Waals surface area contributed by atoms with Crippen LogP contribution in [-0.2, 0) is 4.79 Å². The zero-order valence-electron chi connectivity index (χ0n) is 19.0. The van der Waals surface area contributed by atoms with Gasteiger partial charge in [0.15, 0.2) is 0 Å². The van der Waals surface area contributed by atoms with Crippen LogP contribution in [-0.4, -0.2) is 5.78 Å². The minimum absolute atomic E-state index is 0.173. The molecule has 5 rings (SSSR count). The van der Waals surface area contributed by atoms with Gasteiger partial charge in [-0.2, -0.15) is 0 Å². The zero-order valence-corrected chi connectivity index (χ0v) is 19.0. The Labute approximate surface area is 197 Å². The number of hydrogen-bond donors (Lipinski definition) is 0. The summed E-state index contributed by atoms with van der Waals surface area (Å²) < 4.78 is 0. The van der Waals surface area contributed by atoms with Crippen molar-refractivity contribution in [3.63, 3.8) is 0 Å². The summed E-state index contributed by atoms with van der Waals surface area (Å²) in [6, 6.07) is 38.9. The number of Topliss-reactive ketones (excluding diaryl/α,β-unsaturated/α-hetero) is 1. The summed E-state index contributed by atoms with van der Waals surface area (Å²) in [5, 5.41) is 0. The number of rotatable bonds is 6. The van der Waals surface area contributed by atoms with E-state index in [0.717, 1.165) is 25.7 Å². The molecular formula is C32H30O. The molecule has 1 nitrogen and oxygen atoms in total. The molecule has 1 atom stereocenters. The summed E-state index contributed by atoms with van der Waals surface area (Å²) in [6.07, 6.45) is 4.89. The fraction of sp³-hybridized carbons (Fsp3) is 0.219. The van der Waals surface area contributed by atoms with E-state index in [1.807, 2.05) is 12.1 Å². The van der Waals surface area contributed by atoms with Crippen molar-refractivity contribution in [1.82, 2.24) is 0 Å². The molecule has 1 aliphatic rings. The van der Waals surface area contributed by atoms with Crippen LogP contribution in [0.15, 0.2) is 109 Å². The smallest absolute Gasteiger partial charge is 0.136 e. The third kappa shape index (κ3) is 4.98. The van der Waals surface area contributed by atoms with Gasteiger partial charge in [0.25, 0.3) is 0 Å². The topological polar surface area (TPSA) is 17.1 Å². The van der Waals surface area contributed by atoms with Gasteiger partial charge < -0.3 is 0 Å². The molecule has 0 aliphatic heterocycles. The Morgan fingerprint density at radius 3 is 1.48 bits per heavy atom. The minimum Gasteiger partial charge on any atom is -0.299 e. The van der Waals surface area contributed by atoms with Crippen LogP contribution in [0.25, 0.3) is 22.3 Å². The molecule has 0 heterocycles. The van der Waals surface area contributed by atoms with Crippen molar-refractivity contribution in [2.24, 2.45) is 5.92 Å². The van der Waals surface area contributed by atoms with Crippen molar-refractivity contribution in [3.05, 3.63) is 120 Å². The maximum Gasteiger partial charge on any atom is 0.136 e. The van der Waals surface area contributed by atoms with E-state index in [9.17, 15) is 4.79 Å². The van der Waals surface area contributed by atoms with E-state index in [0.29, 0.717) is 5.78 Å². The molecule has 1 aliphatic carbocycles. The molecule has 0 aromatic heterocycles. The van der Waals surface area contributed by atoms with Gasteiger partial charge in [0, 0.05) is 18.3 Å². The van der Waals surface area contributed by atoms with E-state index >= 15 is 0 Å². The molecule has 0 bridgehead atoms. The van der Waals surface area contributed by atoms with Crippen molar-refractivity contribution in [3.8, 4) is 22.3 Å². The standard InChI is InChI=1S/C32H30O/c33-32-14-8-7-13-30(32)23-31(28-19-15-26(16-20-28)24-9-3-1-4-10-24)29-21-17-27(18-22-29)25-11-5-2-6-12-25/h1-6,9-12,15-22,30-31H,7-8,13-14,23H2. The maximum absolute atomic E-state index is 12.7. The number of hydrogen-bond acceptors (Lipinski definition) is 1. The van der Waals surface area contributed by atoms with Gasteiger partial charge in [0.1, 0.15) is 5.78 Å². The fourth-order valence-corrected chi connectivity index (χ4v) is 5.13. The average Bonchev–Trinajstić information content (AvgIpc) is 2.90. The predicted octanol–water partition coefficient (Wildman–Crippen LogP) is 8.30. The molecule has 0 amide bonds. The highest BCUT2D eigenvalue weighted by atomic mass is 16.1. The van der Waals surface area contributed by atoms with E-state index in [4.69, 9.17) is 0 Å². The molecule has 1 fully saturated rings. The van der Waals surface area contributed by atoms with Gasteiger partial charge in [0.2, 0.25) is 0 Å². The number of carbonyl (C=O) groups excluding carboxylic acids is 1. The van der Waals surface area contributed by atoms with E-state index in [1.165, 1.54) is 39.8 Å². The third-order valence-electron chi connectivity index (χ3n) is 7.04. The molecule has 0 spiro atoms. The Balaban J connectivity index is 1.46. The monoisotopic (exact) mass is 430 g/mol. The van der Waals surface area contributed by atoms with Gasteiger partial charge in [-0.3, -0.25) is 4.79 Å². The van der Waals surface area contributed by atoms with Crippen LogP contribution in [0.3, 0.4) is 0 Å². The van der Waals surface area contributed by atoms with Gasteiger partial charge >= 0.3 is 0 Å². The predicted molar refractivity (Wildman–Crippen MR) is 137 cm³/mol. The lowest BCUT2D eigenvalue weighted by molar-refractivity contribution is -0.124. The second-order valence-corrected chi connectivity index (χ2v) is 9.17. The van der Waals surface area contributed by atoms with Crippen molar-refractivity contribution in [2.75, 3.05) is 0 Å². The largest absolute Gasteiger partial charge is 0.299 e. The van der Waals surface area contributed by atoms with Crippen LogP contribution >= 0.6 is 0 Å². The summed E-state index contributed by atoms with van der Waals surface area (Å²) in [5.41, 5.74) is 7.50. The molecule has 0 N–H and O–H groups in total. The van der Waals surface area contributed by atoms with E-state index in [1.54, 1.807) is 0 Å². The lowest BCUT2D eigenvalue weighted by Gasteiger charge is -2.26. The molecule has 4 aromatic rings. The quantitative estimate of drug-likeness (QED) is 0.301. The molecule has 0 saturated heterocycles. The van der Waals surface area contributed by atoms with E-state index in [2.05, 4.69) is 97.1 Å². The van der Waals surface area contributed by atoms with Gasteiger partial charge in [-0.05, 0) is 52.6 Å². The Bertz CT molecular complexity index is 1090. The normalized spacial score (nSPS) is 16.2. The summed E-state index contributed by atoms with van der Waals surface area (Å²) >= 11 is 0. The molecule has 164 valence electrons. The highest BCUT2D eigenvalue weighted by molar-refractivity contribution is 5.81. The zero-order chi connectivity index (χ0) is 22.5. The lowest BCUT2D eigenvalue weighted by atomic mass is 9.77. The van der Waals surface area contributed by atoms with Crippen molar-refractivity contribution < 1.29 is 4.79 Å². The van der Waals surface area contributed by atoms with Crippen LogP contribution in [0.5, 0.6) is 0 Å². The molecule has 33 heavy (non-hydrogen) atoms. The first-order valence-electron chi connectivity index (χ1n) is 12.1. The first kappa shape index (κ1) is 21.4. The SMILES string of the molecule is O=C1CCCCC1CC(c1ccc(-c2ccccc2)cc1)c1ccc(-c2ccccc2)cc1. The van der Waals surface area contributed by atoms with Gasteiger partial charge in [0.05, 0.1) is 0 Å². The molecule has 1 heteroatoms. The first-order valence-corrected chi connectivity index (χ1v) is 12.1. The Morgan fingerprint density at radius 1 is 0.576 bits per heavy atom. The van der Waals surface area contributed by atoms with Gasteiger partial charge in [-0.15, -0.1) is 0 Å². The van der Waals surface area contributed by atoms with E-state index in [-0.39, 0.29) is 11.8 Å². The molecule has 4 aromatic carbocycles. The summed E-state index contributed by atoms with van der Waals surface area (Å²) in [7, 11) is 0. The molecule has 1 unspecified atom stereocenters. The second-order valence-electron chi connectivity index (χ2n) is 9.17. The van der Waals surface area contributed by atoms with Crippen molar-refractivity contribution in [1.29, 1.82) is 0 Å². The van der Waals surface area contributed by atoms with Crippen LogP contribution in [0, 0.1) is 5.92 Å². The highest BCUT2D eigenvalue weighted by Gasteiger charge is 2.27. The number of ketones is 1. The summed E-state index contributed by atoms with van der Waals surface area (Å²) in [4.78, 5) is 12.7. The second kappa shape index (κ2) is 10.0. The number of benzene rings is 4. The molecular weight excluding hydrogens is 400 g/mol. The van der Waals surface area contributed by atoms with Crippen LogP contribution in [0.1, 0.15) is 49.1 Å². The minimum atomic E-state index is 0.173. The van der Waals surface area contributed by atoms with Crippen LogP contribution in [0.4, 0.5) is 0 Å². The number of carbonyl (C=O) groups is 1. The third-order valence-corrected chi connectivity index (χ3v) is 7.04. The average molecular weight is 431 g/mol. The summed E-state index contributed by atoms with van der Waals surface area (Å²) in [5.74, 6) is 0.853. The van der Waals surface area contributed by atoms with Gasteiger partial charge in [-0.1, -0.05) is 116 Å². The van der Waals surface area contributed by atoms with Crippen molar-refractivity contribution in [2.45, 2.75) is 38.0 Å². The fourth-order valence-electron chi connectivity index (χ4n) is 5.13. The Hall–Kier alpha value is -3.45. The van der Waals surface area contributed by atoms with Gasteiger partial charge in [-0.25, -0.2) is 0 Å². The Morgan fingerprint density at radius 2 is 1.03 bits per heavy atom.